The van der Waals surface area contributed by atoms with Crippen molar-refractivity contribution in [3.8, 4) is 11.3 Å². The van der Waals surface area contributed by atoms with E-state index in [-0.39, 0.29) is 11.8 Å². The lowest BCUT2D eigenvalue weighted by molar-refractivity contribution is -0.144. The average molecular weight is 577 g/mol. The number of aryl methyl sites for hydroxylation is 3. The molecule has 226 valence electrons. The molecule has 1 unspecified atom stereocenters. The smallest absolute Gasteiger partial charge is 0.232 e. The zero-order valence-electron chi connectivity index (χ0n) is 26.9. The first-order valence-electron chi connectivity index (χ1n) is 16.3. The normalized spacial score (nSPS) is 19.3. The Kier molecular flexibility index (Phi) is 8.21. The number of fused-ring (bicyclic) bond motifs is 4. The van der Waals surface area contributed by atoms with Gasteiger partial charge in [0.25, 0.3) is 0 Å². The Morgan fingerprint density at radius 2 is 1.77 bits per heavy atom. The molecule has 4 heterocycles. The van der Waals surface area contributed by atoms with Crippen LogP contribution in [0.15, 0.2) is 54.7 Å². The minimum atomic E-state index is -0.579. The van der Waals surface area contributed by atoms with Gasteiger partial charge in [-0.05, 0) is 144 Å². The van der Waals surface area contributed by atoms with Gasteiger partial charge in [-0.25, -0.2) is 0 Å². The van der Waals surface area contributed by atoms with Crippen molar-refractivity contribution in [3.05, 3.63) is 88.2 Å². The SMILES string of the molecule is Cc1cc(C)cc(-c2[nH]c3ccc(C(C)(C)C(=O)N4CC5CCC4CC5)cc3c2C(C)CNCCc2ccnc(C)c2)c1. The van der Waals surface area contributed by atoms with Crippen LogP contribution in [0.1, 0.15) is 85.9 Å². The van der Waals surface area contributed by atoms with Crippen LogP contribution in [0.25, 0.3) is 22.2 Å². The highest BCUT2D eigenvalue weighted by Gasteiger charge is 2.42. The number of aromatic nitrogens is 2. The quantitative estimate of drug-likeness (QED) is 0.200. The summed E-state index contributed by atoms with van der Waals surface area (Å²) in [5.41, 5.74) is 10.3. The van der Waals surface area contributed by atoms with Crippen molar-refractivity contribution in [2.75, 3.05) is 19.6 Å². The second kappa shape index (κ2) is 11.9. The van der Waals surface area contributed by atoms with Gasteiger partial charge in [0.15, 0.2) is 0 Å². The minimum absolute atomic E-state index is 0.274. The number of benzene rings is 2. The lowest BCUT2D eigenvalue weighted by Crippen LogP contribution is -2.55. The first-order chi connectivity index (χ1) is 20.6. The maximum Gasteiger partial charge on any atom is 0.232 e. The number of nitrogens with one attached hydrogen (secondary N) is 2. The Balaban J connectivity index is 1.32. The summed E-state index contributed by atoms with van der Waals surface area (Å²) in [5.74, 6) is 1.24. The molecule has 2 bridgehead atoms. The highest BCUT2D eigenvalue weighted by molar-refractivity contribution is 5.94. The fourth-order valence-corrected chi connectivity index (χ4v) is 7.67. The van der Waals surface area contributed by atoms with Crippen molar-refractivity contribution in [3.63, 3.8) is 0 Å². The molecule has 0 radical (unpaired) electrons. The second-order valence-electron chi connectivity index (χ2n) is 14.0. The van der Waals surface area contributed by atoms with Crippen LogP contribution in [0, 0.1) is 26.7 Å². The fraction of sp³-hybridized carbons (Fsp3) is 0.474. The first kappa shape index (κ1) is 29.6. The highest BCUT2D eigenvalue weighted by atomic mass is 16.2. The standard InChI is InChI=1S/C38H48N4O/c1-24-17-25(2)19-30(18-24)36-35(26(3)22-39-15-13-28-14-16-40-27(4)20-28)33-21-31(9-12-34(33)41-36)38(5,6)37(43)42-23-29-7-10-32(42)11-8-29/h9,12,14,16-21,26,29,32,39,41H,7-8,10-11,13,15,22-23H2,1-6H3. The molecule has 7 rings (SSSR count). The summed E-state index contributed by atoms with van der Waals surface area (Å²) in [5, 5.41) is 4.96. The Morgan fingerprint density at radius 1 is 1.02 bits per heavy atom. The largest absolute Gasteiger partial charge is 0.354 e. The van der Waals surface area contributed by atoms with E-state index in [1.165, 1.54) is 51.7 Å². The summed E-state index contributed by atoms with van der Waals surface area (Å²) < 4.78 is 0. The molecule has 2 aliphatic heterocycles. The van der Waals surface area contributed by atoms with Crippen LogP contribution in [-0.2, 0) is 16.6 Å². The van der Waals surface area contributed by atoms with Crippen molar-refractivity contribution in [1.82, 2.24) is 20.2 Å². The summed E-state index contributed by atoms with van der Waals surface area (Å²) >= 11 is 0. The number of pyridine rings is 1. The molecule has 2 aromatic heterocycles. The van der Waals surface area contributed by atoms with Gasteiger partial charge in [-0.2, -0.15) is 0 Å². The molecular formula is C38H48N4O. The highest BCUT2D eigenvalue weighted by Crippen LogP contribution is 2.41. The molecule has 2 N–H and O–H groups in total. The lowest BCUT2D eigenvalue weighted by atomic mass is 9.76. The van der Waals surface area contributed by atoms with Crippen molar-refractivity contribution in [2.24, 2.45) is 5.92 Å². The number of nitrogens with zero attached hydrogens (tertiary/aromatic N) is 2. The van der Waals surface area contributed by atoms with Gasteiger partial charge in [-0.1, -0.05) is 30.2 Å². The molecular weight excluding hydrogens is 528 g/mol. The predicted octanol–water partition coefficient (Wildman–Crippen LogP) is 7.77. The van der Waals surface area contributed by atoms with Crippen LogP contribution in [0.3, 0.4) is 0 Å². The predicted molar refractivity (Wildman–Crippen MR) is 178 cm³/mol. The van der Waals surface area contributed by atoms with Crippen molar-refractivity contribution in [1.29, 1.82) is 0 Å². The first-order valence-corrected chi connectivity index (χ1v) is 16.3. The third-order valence-corrected chi connectivity index (χ3v) is 10.1. The van der Waals surface area contributed by atoms with Crippen LogP contribution in [0.2, 0.25) is 0 Å². The summed E-state index contributed by atoms with van der Waals surface area (Å²) in [7, 11) is 0. The lowest BCUT2D eigenvalue weighted by Gasteiger charge is -2.47. The molecule has 5 nitrogen and oxygen atoms in total. The molecule has 3 fully saturated rings. The molecule has 2 aromatic carbocycles. The molecule has 1 saturated carbocycles. The van der Waals surface area contributed by atoms with Gasteiger partial charge in [-0.3, -0.25) is 9.78 Å². The van der Waals surface area contributed by atoms with E-state index < -0.39 is 5.41 Å². The van der Waals surface area contributed by atoms with E-state index in [0.717, 1.165) is 55.7 Å². The molecule has 43 heavy (non-hydrogen) atoms. The number of piperidine rings is 2. The number of amides is 1. The van der Waals surface area contributed by atoms with Crippen LogP contribution in [-0.4, -0.2) is 46.5 Å². The summed E-state index contributed by atoms with van der Waals surface area (Å²) in [6.45, 7) is 15.7. The number of carbonyl (C=O) groups excluding carboxylic acids is 1. The van der Waals surface area contributed by atoms with Crippen LogP contribution in [0.4, 0.5) is 0 Å². The van der Waals surface area contributed by atoms with Crippen LogP contribution in [0.5, 0.6) is 0 Å². The number of aromatic amines is 1. The van der Waals surface area contributed by atoms with Gasteiger partial charge >= 0.3 is 0 Å². The molecule has 1 amide bonds. The Morgan fingerprint density at radius 3 is 2.44 bits per heavy atom. The van der Waals surface area contributed by atoms with Gasteiger partial charge in [0.1, 0.15) is 0 Å². The number of rotatable bonds is 9. The zero-order chi connectivity index (χ0) is 30.3. The van der Waals surface area contributed by atoms with E-state index in [2.05, 4.69) is 103 Å². The van der Waals surface area contributed by atoms with E-state index in [9.17, 15) is 4.79 Å². The van der Waals surface area contributed by atoms with Crippen LogP contribution < -0.4 is 5.32 Å². The van der Waals surface area contributed by atoms with E-state index in [4.69, 9.17) is 0 Å². The summed E-state index contributed by atoms with van der Waals surface area (Å²) in [6, 6.07) is 18.2. The van der Waals surface area contributed by atoms with Crippen LogP contribution >= 0.6 is 0 Å². The van der Waals surface area contributed by atoms with Gasteiger partial charge in [-0.15, -0.1) is 0 Å². The van der Waals surface area contributed by atoms with E-state index in [1.54, 1.807) is 0 Å². The van der Waals surface area contributed by atoms with Gasteiger partial charge in [0, 0.05) is 41.9 Å². The maximum absolute atomic E-state index is 14.1. The van der Waals surface area contributed by atoms with Gasteiger partial charge in [0.2, 0.25) is 5.91 Å². The monoisotopic (exact) mass is 576 g/mol. The maximum atomic E-state index is 14.1. The number of H-pyrrole nitrogens is 1. The Bertz CT molecular complexity index is 1600. The molecule has 5 heteroatoms. The summed E-state index contributed by atoms with van der Waals surface area (Å²) in [6.07, 6.45) is 7.77. The van der Waals surface area contributed by atoms with Gasteiger partial charge in [0.05, 0.1) is 11.1 Å². The Labute approximate surface area is 257 Å². The number of hydrogen-bond donors (Lipinski definition) is 2. The third kappa shape index (κ3) is 6.02. The van der Waals surface area contributed by atoms with E-state index in [1.807, 2.05) is 13.1 Å². The molecule has 0 spiro atoms. The minimum Gasteiger partial charge on any atom is -0.354 e. The fourth-order valence-electron chi connectivity index (χ4n) is 7.67. The van der Waals surface area contributed by atoms with E-state index in [0.29, 0.717) is 12.0 Å². The molecule has 4 aromatic rings. The molecule has 2 saturated heterocycles. The van der Waals surface area contributed by atoms with Gasteiger partial charge < -0.3 is 15.2 Å². The molecule has 1 atom stereocenters. The number of hydrogen-bond acceptors (Lipinski definition) is 3. The third-order valence-electron chi connectivity index (χ3n) is 10.1. The van der Waals surface area contributed by atoms with E-state index >= 15 is 0 Å². The summed E-state index contributed by atoms with van der Waals surface area (Å²) in [4.78, 5) is 24.4. The molecule has 3 aliphatic rings. The topological polar surface area (TPSA) is 61.0 Å². The Hall–Kier alpha value is -3.44. The average Bonchev–Trinajstić information content (AvgIpc) is 3.38. The molecule has 1 aliphatic carbocycles. The second-order valence-corrected chi connectivity index (χ2v) is 14.0. The van der Waals surface area contributed by atoms with Crippen molar-refractivity contribution >= 4 is 16.8 Å². The van der Waals surface area contributed by atoms with Crippen molar-refractivity contribution in [2.45, 2.75) is 91.0 Å². The van der Waals surface area contributed by atoms with Crippen molar-refractivity contribution < 1.29 is 4.79 Å². The zero-order valence-corrected chi connectivity index (χ0v) is 26.9. The number of carbonyl (C=O) groups is 1.